The zero-order chi connectivity index (χ0) is 30.4. The molecule has 2 atom stereocenters. The normalized spacial score (nSPS) is 20.9. The van der Waals surface area contributed by atoms with Crippen LogP contribution in [0.4, 0.5) is 4.79 Å². The molecule has 3 N–H and O–H groups in total. The van der Waals surface area contributed by atoms with Crippen LogP contribution in [-0.2, 0) is 24.4 Å². The number of piperidine rings is 1. The number of urea groups is 1. The van der Waals surface area contributed by atoms with Gasteiger partial charge in [0.2, 0.25) is 21.8 Å². The maximum Gasteiger partial charge on any atom is 0.326 e. The predicted octanol–water partition coefficient (Wildman–Crippen LogP) is 2.54. The Morgan fingerprint density at radius 2 is 1.55 bits per heavy atom. The quantitative estimate of drug-likeness (QED) is 0.353. The summed E-state index contributed by atoms with van der Waals surface area (Å²) in [5.41, 5.74) is 0. The van der Waals surface area contributed by atoms with Gasteiger partial charge in [-0.2, -0.15) is 4.31 Å². The maximum atomic E-state index is 13.3. The Morgan fingerprint density at radius 3 is 2.17 bits per heavy atom. The van der Waals surface area contributed by atoms with Crippen molar-refractivity contribution in [2.75, 3.05) is 39.3 Å². The molecule has 1 aromatic rings. The molecule has 0 bridgehead atoms. The monoisotopic (exact) mass is 645 g/mol. The molecular formula is C27H37Cl2N5O7S. The summed E-state index contributed by atoms with van der Waals surface area (Å²) in [6, 6.07) is 1.39. The molecule has 3 heterocycles. The molecule has 0 aliphatic carbocycles. The minimum absolute atomic E-state index is 0.0417. The van der Waals surface area contributed by atoms with Gasteiger partial charge in [-0.25, -0.2) is 18.0 Å². The fraction of sp³-hybridized carbons (Fsp3) is 0.630. The highest BCUT2D eigenvalue weighted by molar-refractivity contribution is 7.89. The van der Waals surface area contributed by atoms with Gasteiger partial charge >= 0.3 is 12.0 Å². The van der Waals surface area contributed by atoms with E-state index in [9.17, 15) is 32.7 Å². The van der Waals surface area contributed by atoms with Gasteiger partial charge in [-0.05, 0) is 69.1 Å². The third-order valence-electron chi connectivity index (χ3n) is 8.11. The first kappa shape index (κ1) is 32.3. The Hall–Kier alpha value is -2.61. The van der Waals surface area contributed by atoms with Crippen molar-refractivity contribution in [3.05, 3.63) is 28.2 Å². The molecular weight excluding hydrogens is 609 g/mol. The molecule has 42 heavy (non-hydrogen) atoms. The highest BCUT2D eigenvalue weighted by Crippen LogP contribution is 2.30. The highest BCUT2D eigenvalue weighted by Gasteiger charge is 2.41. The number of likely N-dealkylation sites (tertiary alicyclic amines) is 2. The van der Waals surface area contributed by atoms with E-state index in [1.54, 1.807) is 4.90 Å². The lowest BCUT2D eigenvalue weighted by atomic mass is 9.96. The lowest BCUT2D eigenvalue weighted by molar-refractivity contribution is -0.143. The molecule has 0 spiro atoms. The fourth-order valence-electron chi connectivity index (χ4n) is 5.70. The number of carbonyl (C=O) groups excluding carboxylic acids is 3. The van der Waals surface area contributed by atoms with E-state index in [1.807, 2.05) is 4.90 Å². The average molecular weight is 647 g/mol. The minimum Gasteiger partial charge on any atom is -0.480 e. The summed E-state index contributed by atoms with van der Waals surface area (Å²) in [4.78, 5) is 53.4. The van der Waals surface area contributed by atoms with Gasteiger partial charge < -0.3 is 25.5 Å². The second kappa shape index (κ2) is 14.2. The van der Waals surface area contributed by atoms with E-state index < -0.39 is 34.0 Å². The van der Waals surface area contributed by atoms with Gasteiger partial charge in [0, 0.05) is 55.7 Å². The van der Waals surface area contributed by atoms with Crippen LogP contribution < -0.4 is 10.6 Å². The Kier molecular flexibility index (Phi) is 11.0. The van der Waals surface area contributed by atoms with Crippen LogP contribution in [0.25, 0.3) is 0 Å². The number of aliphatic carboxylic acids is 1. The van der Waals surface area contributed by atoms with Crippen molar-refractivity contribution in [1.29, 1.82) is 0 Å². The van der Waals surface area contributed by atoms with Crippen molar-refractivity contribution in [2.45, 2.75) is 68.3 Å². The van der Waals surface area contributed by atoms with Crippen LogP contribution >= 0.6 is 23.2 Å². The molecule has 4 amide bonds. The largest absolute Gasteiger partial charge is 0.480 e. The average Bonchev–Trinajstić information content (AvgIpc) is 3.67. The van der Waals surface area contributed by atoms with Gasteiger partial charge in [0.25, 0.3) is 0 Å². The summed E-state index contributed by atoms with van der Waals surface area (Å²) in [7, 11) is -4.12. The zero-order valence-electron chi connectivity index (χ0n) is 23.3. The van der Waals surface area contributed by atoms with E-state index in [1.165, 1.54) is 18.2 Å². The number of rotatable bonds is 10. The molecule has 1 aromatic carbocycles. The SMILES string of the molecule is O=C(O)[C@H](CCC(=O)N1CCC(CNC(=O)N2CCCC2)CC1)NC(=O)[C@@H]1CCCN1S(=O)(=O)c1cc(Cl)cc(Cl)c1. The molecule has 3 saturated heterocycles. The standard InChI is InChI=1S/C27H37Cl2N5O7S/c28-19-14-20(29)16-21(15-19)42(40,41)34-11-3-4-23(34)25(36)31-22(26(37)38)5-6-24(35)32-12-7-18(8-13-32)17-30-27(39)33-9-1-2-10-33/h14-16,18,22-23H,1-13,17H2,(H,30,39)(H,31,36)(H,37,38)/t22-,23-/m0/s1. The minimum atomic E-state index is -4.12. The molecule has 12 nitrogen and oxygen atoms in total. The van der Waals surface area contributed by atoms with Crippen LogP contribution in [0.1, 0.15) is 51.4 Å². The summed E-state index contributed by atoms with van der Waals surface area (Å²) in [5, 5.41) is 15.4. The summed E-state index contributed by atoms with van der Waals surface area (Å²) < 4.78 is 27.6. The van der Waals surface area contributed by atoms with Crippen LogP contribution in [0.2, 0.25) is 10.0 Å². The van der Waals surface area contributed by atoms with Crippen molar-refractivity contribution in [3.8, 4) is 0 Å². The number of amides is 4. The summed E-state index contributed by atoms with van der Waals surface area (Å²) >= 11 is 12.0. The molecule has 3 fully saturated rings. The number of carbonyl (C=O) groups is 4. The molecule has 0 aromatic heterocycles. The molecule has 232 valence electrons. The van der Waals surface area contributed by atoms with Crippen LogP contribution in [0, 0.1) is 5.92 Å². The van der Waals surface area contributed by atoms with Gasteiger partial charge in [0.15, 0.2) is 0 Å². The maximum absolute atomic E-state index is 13.3. The first-order valence-electron chi connectivity index (χ1n) is 14.3. The van der Waals surface area contributed by atoms with E-state index in [-0.39, 0.29) is 58.6 Å². The lowest BCUT2D eigenvalue weighted by Gasteiger charge is -2.32. The number of carboxylic acids is 1. The number of nitrogens with zero attached hydrogens (tertiary/aromatic N) is 3. The van der Waals surface area contributed by atoms with Gasteiger partial charge in [0.05, 0.1) is 4.90 Å². The van der Waals surface area contributed by atoms with Crippen molar-refractivity contribution >= 4 is 57.0 Å². The third-order valence-corrected chi connectivity index (χ3v) is 10.4. The topological polar surface area (TPSA) is 156 Å². The Labute approximate surface area is 255 Å². The Bertz CT molecular complexity index is 1260. The van der Waals surface area contributed by atoms with Crippen molar-refractivity contribution in [1.82, 2.24) is 24.7 Å². The summed E-state index contributed by atoms with van der Waals surface area (Å²) in [6.07, 6.45) is 3.94. The van der Waals surface area contributed by atoms with E-state index in [4.69, 9.17) is 23.2 Å². The molecule has 4 rings (SSSR count). The predicted molar refractivity (Wildman–Crippen MR) is 156 cm³/mol. The van der Waals surface area contributed by atoms with Crippen molar-refractivity contribution in [2.24, 2.45) is 5.92 Å². The zero-order valence-corrected chi connectivity index (χ0v) is 25.6. The van der Waals surface area contributed by atoms with Gasteiger partial charge in [-0.1, -0.05) is 23.2 Å². The van der Waals surface area contributed by atoms with Crippen molar-refractivity contribution in [3.63, 3.8) is 0 Å². The summed E-state index contributed by atoms with van der Waals surface area (Å²) in [5.74, 6) is -1.99. The third kappa shape index (κ3) is 8.06. The number of benzene rings is 1. The second-order valence-electron chi connectivity index (χ2n) is 11.0. The van der Waals surface area contributed by atoms with Gasteiger partial charge in [0.1, 0.15) is 12.1 Å². The number of carboxylic acid groups (broad SMARTS) is 1. The van der Waals surface area contributed by atoms with Crippen molar-refractivity contribution < 1.29 is 32.7 Å². The molecule has 3 aliphatic heterocycles. The first-order chi connectivity index (χ1) is 20.0. The van der Waals surface area contributed by atoms with E-state index in [0.29, 0.717) is 26.1 Å². The number of hydrogen-bond acceptors (Lipinski definition) is 6. The number of hydrogen-bond donors (Lipinski definition) is 3. The second-order valence-corrected chi connectivity index (χ2v) is 13.8. The smallest absolute Gasteiger partial charge is 0.326 e. The van der Waals surface area contributed by atoms with Gasteiger partial charge in [-0.3, -0.25) is 9.59 Å². The van der Waals surface area contributed by atoms with Gasteiger partial charge in [-0.15, -0.1) is 0 Å². The van der Waals surface area contributed by atoms with E-state index in [2.05, 4.69) is 10.6 Å². The van der Waals surface area contributed by atoms with E-state index in [0.717, 1.165) is 43.1 Å². The molecule has 0 unspecified atom stereocenters. The van der Waals surface area contributed by atoms with Crippen LogP contribution in [0.5, 0.6) is 0 Å². The first-order valence-corrected chi connectivity index (χ1v) is 16.5. The van der Waals surface area contributed by atoms with E-state index >= 15 is 0 Å². The van der Waals surface area contributed by atoms with Crippen LogP contribution in [-0.4, -0.2) is 103 Å². The molecule has 0 radical (unpaired) electrons. The number of sulfonamides is 1. The Balaban J connectivity index is 1.26. The molecule has 15 heteroatoms. The lowest BCUT2D eigenvalue weighted by Crippen LogP contribution is -2.51. The van der Waals surface area contributed by atoms with Crippen LogP contribution in [0.3, 0.4) is 0 Å². The summed E-state index contributed by atoms with van der Waals surface area (Å²) in [6.45, 7) is 3.23. The fourth-order valence-corrected chi connectivity index (χ4v) is 8.09. The molecule has 0 saturated carbocycles. The van der Waals surface area contributed by atoms with Crippen LogP contribution in [0.15, 0.2) is 23.1 Å². The Morgan fingerprint density at radius 1 is 0.905 bits per heavy atom. The number of halogens is 2. The number of nitrogens with one attached hydrogen (secondary N) is 2. The molecule has 3 aliphatic rings. The highest BCUT2D eigenvalue weighted by atomic mass is 35.5.